The summed E-state index contributed by atoms with van der Waals surface area (Å²) in [6, 6.07) is 12.5. The number of hydrogen-bond acceptors (Lipinski definition) is 3. The van der Waals surface area contributed by atoms with Crippen molar-refractivity contribution < 1.29 is 14.9 Å². The van der Waals surface area contributed by atoms with Gasteiger partial charge in [0, 0.05) is 12.7 Å². The zero-order valence-corrected chi connectivity index (χ0v) is 9.55. The van der Waals surface area contributed by atoms with Crippen molar-refractivity contribution in [2.24, 2.45) is 0 Å². The van der Waals surface area contributed by atoms with Crippen molar-refractivity contribution in [1.82, 2.24) is 0 Å². The molecule has 0 aliphatic rings. The summed E-state index contributed by atoms with van der Waals surface area (Å²) < 4.78 is 5.00. The Morgan fingerprint density at radius 1 is 1.00 bits per heavy atom. The fourth-order valence-electron chi connectivity index (χ4n) is 1.79. The van der Waals surface area contributed by atoms with Crippen LogP contribution in [-0.4, -0.2) is 17.3 Å². The smallest absolute Gasteiger partial charge is 0.132 e. The van der Waals surface area contributed by atoms with Crippen LogP contribution >= 0.6 is 0 Å². The van der Waals surface area contributed by atoms with E-state index in [0.29, 0.717) is 17.7 Å². The van der Waals surface area contributed by atoms with Crippen molar-refractivity contribution in [3.8, 4) is 22.6 Å². The first-order valence-corrected chi connectivity index (χ1v) is 5.32. The summed E-state index contributed by atoms with van der Waals surface area (Å²) in [5.41, 5.74) is 1.88. The molecule has 88 valence electrons. The van der Waals surface area contributed by atoms with Gasteiger partial charge < -0.3 is 14.9 Å². The zero-order valence-electron chi connectivity index (χ0n) is 9.55. The van der Waals surface area contributed by atoms with Crippen LogP contribution in [0.4, 0.5) is 0 Å². The fourth-order valence-corrected chi connectivity index (χ4v) is 1.79. The van der Waals surface area contributed by atoms with E-state index >= 15 is 0 Å². The van der Waals surface area contributed by atoms with Crippen molar-refractivity contribution in [3.05, 3.63) is 48.0 Å². The number of phenols is 2. The van der Waals surface area contributed by atoms with Gasteiger partial charge in [-0.15, -0.1) is 0 Å². The number of rotatable bonds is 3. The molecule has 0 amide bonds. The van der Waals surface area contributed by atoms with Gasteiger partial charge >= 0.3 is 0 Å². The third-order valence-electron chi connectivity index (χ3n) is 2.60. The minimum absolute atomic E-state index is 0.0635. The monoisotopic (exact) mass is 230 g/mol. The molecule has 2 rings (SSSR count). The molecule has 0 aliphatic heterocycles. The largest absolute Gasteiger partial charge is 0.507 e. The second-order valence-electron chi connectivity index (χ2n) is 3.77. The summed E-state index contributed by atoms with van der Waals surface area (Å²) >= 11 is 0. The van der Waals surface area contributed by atoms with Gasteiger partial charge in [0.25, 0.3) is 0 Å². The summed E-state index contributed by atoms with van der Waals surface area (Å²) in [7, 11) is 1.56. The predicted octanol–water partition coefficient (Wildman–Crippen LogP) is 2.91. The normalized spacial score (nSPS) is 10.4. The summed E-state index contributed by atoms with van der Waals surface area (Å²) in [6.07, 6.45) is 0. The van der Waals surface area contributed by atoms with Gasteiger partial charge in [0.1, 0.15) is 11.5 Å². The SMILES string of the molecule is COCc1ccc(O)c(-c2ccccc2)c1O. The Kier molecular flexibility index (Phi) is 3.30. The molecule has 0 spiro atoms. The second-order valence-corrected chi connectivity index (χ2v) is 3.77. The Bertz CT molecular complexity index is 506. The predicted molar refractivity (Wildman–Crippen MR) is 65.9 cm³/mol. The lowest BCUT2D eigenvalue weighted by Crippen LogP contribution is -1.91. The number of ether oxygens (including phenoxy) is 1. The lowest BCUT2D eigenvalue weighted by Gasteiger charge is -2.11. The van der Waals surface area contributed by atoms with Crippen molar-refractivity contribution in [1.29, 1.82) is 0 Å². The molecule has 0 bridgehead atoms. The van der Waals surface area contributed by atoms with Crippen LogP contribution in [0.25, 0.3) is 11.1 Å². The third kappa shape index (κ3) is 2.24. The van der Waals surface area contributed by atoms with Crippen LogP contribution in [0.5, 0.6) is 11.5 Å². The lowest BCUT2D eigenvalue weighted by atomic mass is 10.0. The molecule has 0 heterocycles. The first kappa shape index (κ1) is 11.5. The molecule has 0 fully saturated rings. The molecule has 0 aliphatic carbocycles. The van der Waals surface area contributed by atoms with Crippen molar-refractivity contribution in [2.45, 2.75) is 6.61 Å². The maximum Gasteiger partial charge on any atom is 0.132 e. The third-order valence-corrected chi connectivity index (χ3v) is 2.60. The van der Waals surface area contributed by atoms with Crippen LogP contribution in [0.3, 0.4) is 0 Å². The minimum atomic E-state index is 0.0635. The highest BCUT2D eigenvalue weighted by atomic mass is 16.5. The zero-order chi connectivity index (χ0) is 12.3. The molecule has 0 radical (unpaired) electrons. The average Bonchev–Trinajstić information content (AvgIpc) is 2.35. The van der Waals surface area contributed by atoms with Crippen molar-refractivity contribution in [2.75, 3.05) is 7.11 Å². The Morgan fingerprint density at radius 2 is 1.71 bits per heavy atom. The Hall–Kier alpha value is -2.00. The second kappa shape index (κ2) is 4.89. The first-order valence-electron chi connectivity index (χ1n) is 5.32. The van der Waals surface area contributed by atoms with E-state index in [1.165, 1.54) is 0 Å². The number of methoxy groups -OCH3 is 1. The van der Waals surface area contributed by atoms with Gasteiger partial charge in [-0.05, 0) is 17.7 Å². The molecule has 2 N–H and O–H groups in total. The number of phenolic OH excluding ortho intramolecular Hbond substituents is 2. The molecule has 0 unspecified atom stereocenters. The van der Waals surface area contributed by atoms with Crippen molar-refractivity contribution in [3.63, 3.8) is 0 Å². The molecular weight excluding hydrogens is 216 g/mol. The number of aromatic hydroxyl groups is 2. The van der Waals surface area contributed by atoms with Crippen LogP contribution < -0.4 is 0 Å². The molecule has 0 aromatic heterocycles. The summed E-state index contributed by atoms with van der Waals surface area (Å²) in [5, 5.41) is 20.0. The Balaban J connectivity index is 2.56. The molecule has 2 aromatic carbocycles. The summed E-state index contributed by atoms with van der Waals surface area (Å²) in [6.45, 7) is 0.311. The Morgan fingerprint density at radius 3 is 2.35 bits per heavy atom. The highest BCUT2D eigenvalue weighted by Crippen LogP contribution is 2.39. The van der Waals surface area contributed by atoms with Gasteiger partial charge in [0.2, 0.25) is 0 Å². The maximum absolute atomic E-state index is 10.1. The number of benzene rings is 2. The quantitative estimate of drug-likeness (QED) is 0.852. The van der Waals surface area contributed by atoms with E-state index in [-0.39, 0.29) is 11.5 Å². The van der Waals surface area contributed by atoms with E-state index in [1.54, 1.807) is 19.2 Å². The van der Waals surface area contributed by atoms with Crippen LogP contribution in [0, 0.1) is 0 Å². The average molecular weight is 230 g/mol. The van der Waals surface area contributed by atoms with Gasteiger partial charge in [0.15, 0.2) is 0 Å². The Labute approximate surface area is 99.9 Å². The molecule has 2 aromatic rings. The topological polar surface area (TPSA) is 49.7 Å². The highest BCUT2D eigenvalue weighted by molar-refractivity contribution is 5.77. The van der Waals surface area contributed by atoms with Crippen LogP contribution in [0.1, 0.15) is 5.56 Å². The van der Waals surface area contributed by atoms with Gasteiger partial charge in [0.05, 0.1) is 12.2 Å². The van der Waals surface area contributed by atoms with E-state index in [2.05, 4.69) is 0 Å². The highest BCUT2D eigenvalue weighted by Gasteiger charge is 2.13. The van der Waals surface area contributed by atoms with Crippen LogP contribution in [0.2, 0.25) is 0 Å². The molecule has 17 heavy (non-hydrogen) atoms. The fraction of sp³-hybridized carbons (Fsp3) is 0.143. The van der Waals surface area contributed by atoms with Gasteiger partial charge in [-0.3, -0.25) is 0 Å². The van der Waals surface area contributed by atoms with E-state index in [0.717, 1.165) is 5.56 Å². The van der Waals surface area contributed by atoms with E-state index in [9.17, 15) is 10.2 Å². The minimum Gasteiger partial charge on any atom is -0.507 e. The number of hydrogen-bond donors (Lipinski definition) is 2. The molecule has 0 atom stereocenters. The van der Waals surface area contributed by atoms with Crippen LogP contribution in [0.15, 0.2) is 42.5 Å². The molecule has 0 saturated carbocycles. The summed E-state index contributed by atoms with van der Waals surface area (Å²) in [5.74, 6) is 0.131. The molecule has 3 heteroatoms. The van der Waals surface area contributed by atoms with Gasteiger partial charge in [-0.2, -0.15) is 0 Å². The van der Waals surface area contributed by atoms with E-state index in [1.807, 2.05) is 30.3 Å². The molecular formula is C14H14O3. The lowest BCUT2D eigenvalue weighted by molar-refractivity contribution is 0.182. The standard InChI is InChI=1S/C14H14O3/c1-17-9-11-7-8-12(15)13(14(11)16)10-5-3-2-4-6-10/h2-8,15-16H,9H2,1H3. The molecule has 3 nitrogen and oxygen atoms in total. The van der Waals surface area contributed by atoms with Crippen LogP contribution in [-0.2, 0) is 11.3 Å². The first-order chi connectivity index (χ1) is 8.24. The molecule has 0 saturated heterocycles. The van der Waals surface area contributed by atoms with Gasteiger partial charge in [-0.25, -0.2) is 0 Å². The summed E-state index contributed by atoms with van der Waals surface area (Å²) in [4.78, 5) is 0. The van der Waals surface area contributed by atoms with E-state index in [4.69, 9.17) is 4.74 Å². The van der Waals surface area contributed by atoms with Gasteiger partial charge in [-0.1, -0.05) is 30.3 Å². The van der Waals surface area contributed by atoms with Crippen molar-refractivity contribution >= 4 is 0 Å². The van der Waals surface area contributed by atoms with E-state index < -0.39 is 0 Å². The maximum atomic E-state index is 10.1.